The van der Waals surface area contributed by atoms with Crippen molar-refractivity contribution in [2.75, 3.05) is 19.8 Å². The van der Waals surface area contributed by atoms with E-state index in [2.05, 4.69) is 0 Å². The van der Waals surface area contributed by atoms with E-state index in [0.717, 1.165) is 0 Å². The van der Waals surface area contributed by atoms with Crippen molar-refractivity contribution in [2.24, 2.45) is 5.41 Å². The van der Waals surface area contributed by atoms with Gasteiger partial charge in [0.15, 0.2) is 0 Å². The van der Waals surface area contributed by atoms with Crippen LogP contribution in [-0.2, 0) is 43.0 Å². The summed E-state index contributed by atoms with van der Waals surface area (Å²) in [4.78, 5) is 66.1. The number of hydrogen-bond donors (Lipinski definition) is 3. The fourth-order valence-corrected chi connectivity index (χ4v) is 1.67. The number of carboxylic acid groups (broad SMARTS) is 3. The van der Waals surface area contributed by atoms with Gasteiger partial charge < -0.3 is 29.5 Å². The van der Waals surface area contributed by atoms with Gasteiger partial charge >= 0.3 is 35.8 Å². The molecule has 0 bridgehead atoms. The highest BCUT2D eigenvalue weighted by molar-refractivity contribution is 5.92. The van der Waals surface area contributed by atoms with Crippen molar-refractivity contribution >= 4 is 35.8 Å². The Balaban J connectivity index is 5.25. The molecule has 12 heteroatoms. The molecule has 0 heterocycles. The van der Waals surface area contributed by atoms with Crippen LogP contribution in [0.15, 0.2) is 36.5 Å². The maximum absolute atomic E-state index is 11.6. The van der Waals surface area contributed by atoms with Gasteiger partial charge in [-0.15, -0.1) is 0 Å². The maximum Gasteiger partial charge on any atom is 0.331 e. The van der Waals surface area contributed by atoms with Crippen molar-refractivity contribution in [3.8, 4) is 0 Å². The van der Waals surface area contributed by atoms with Gasteiger partial charge in [0.25, 0.3) is 0 Å². The summed E-state index contributed by atoms with van der Waals surface area (Å²) in [5.41, 5.74) is -1.27. The third kappa shape index (κ3) is 12.4. The Labute approximate surface area is 170 Å². The van der Waals surface area contributed by atoms with Gasteiger partial charge in [-0.2, -0.15) is 0 Å². The van der Waals surface area contributed by atoms with Gasteiger partial charge in [0.1, 0.15) is 19.8 Å². The molecular formula is C18H20O12. The number of hydrogen-bond acceptors (Lipinski definition) is 9. The molecule has 0 saturated carbocycles. The molecule has 0 aliphatic heterocycles. The summed E-state index contributed by atoms with van der Waals surface area (Å²) in [5, 5.41) is 25.5. The number of aliphatic carboxylic acids is 3. The standard InChI is InChI=1S/C18H20O12/c1-2-18(9-28-15(25)6-3-12(19)20,10-29-16(26)7-4-13(21)22)11-30-17(27)8-5-14(23)24/h3-8H,2,9-11H2,1H3,(H,19,20)(H,21,22)(H,23,24). The summed E-state index contributed by atoms with van der Waals surface area (Å²) in [7, 11) is 0. The molecule has 0 aromatic rings. The van der Waals surface area contributed by atoms with Crippen LogP contribution in [0.2, 0.25) is 0 Å². The number of carbonyl (C=O) groups excluding carboxylic acids is 3. The first-order valence-electron chi connectivity index (χ1n) is 8.23. The number of ether oxygens (including phenoxy) is 3. The van der Waals surface area contributed by atoms with Crippen LogP contribution >= 0.6 is 0 Å². The minimum absolute atomic E-state index is 0.134. The SMILES string of the molecule is CCC(COC(=O)C=CC(=O)O)(COC(=O)C=CC(=O)O)COC(=O)C=CC(=O)O. The van der Waals surface area contributed by atoms with Gasteiger partial charge in [0.2, 0.25) is 0 Å². The predicted molar refractivity (Wildman–Crippen MR) is 95.9 cm³/mol. The van der Waals surface area contributed by atoms with Gasteiger partial charge in [-0.05, 0) is 6.42 Å². The van der Waals surface area contributed by atoms with E-state index in [0.29, 0.717) is 36.5 Å². The molecule has 0 fully saturated rings. The summed E-state index contributed by atoms with van der Waals surface area (Å²) < 4.78 is 14.7. The lowest BCUT2D eigenvalue weighted by atomic mass is 9.88. The summed E-state index contributed by atoms with van der Waals surface area (Å²) in [6.45, 7) is 0.206. The van der Waals surface area contributed by atoms with Crippen LogP contribution in [0.3, 0.4) is 0 Å². The first-order valence-corrected chi connectivity index (χ1v) is 8.23. The molecule has 164 valence electrons. The molecule has 0 rings (SSSR count). The Kier molecular flexibility index (Phi) is 11.5. The van der Waals surface area contributed by atoms with E-state index in [-0.39, 0.29) is 6.42 Å². The monoisotopic (exact) mass is 428 g/mol. The van der Waals surface area contributed by atoms with E-state index >= 15 is 0 Å². The molecule has 0 aliphatic rings. The van der Waals surface area contributed by atoms with Crippen molar-refractivity contribution in [2.45, 2.75) is 13.3 Å². The van der Waals surface area contributed by atoms with Gasteiger partial charge in [0.05, 0.1) is 5.41 Å². The van der Waals surface area contributed by atoms with Crippen molar-refractivity contribution < 1.29 is 58.3 Å². The molecular weight excluding hydrogens is 408 g/mol. The lowest BCUT2D eigenvalue weighted by Crippen LogP contribution is -2.38. The van der Waals surface area contributed by atoms with E-state index in [1.54, 1.807) is 6.92 Å². The minimum Gasteiger partial charge on any atom is -0.478 e. The molecule has 12 nitrogen and oxygen atoms in total. The highest BCUT2D eigenvalue weighted by atomic mass is 16.6. The van der Waals surface area contributed by atoms with Gasteiger partial charge in [-0.3, -0.25) is 0 Å². The van der Waals surface area contributed by atoms with E-state index in [1.807, 2.05) is 0 Å². The number of carboxylic acids is 3. The van der Waals surface area contributed by atoms with Gasteiger partial charge in [-0.1, -0.05) is 6.92 Å². The lowest BCUT2D eigenvalue weighted by Gasteiger charge is -2.30. The Bertz CT molecular complexity index is 661. The van der Waals surface area contributed by atoms with Crippen LogP contribution in [0.5, 0.6) is 0 Å². The number of esters is 3. The zero-order valence-electron chi connectivity index (χ0n) is 15.8. The van der Waals surface area contributed by atoms with Crippen molar-refractivity contribution in [1.29, 1.82) is 0 Å². The second kappa shape index (κ2) is 13.3. The van der Waals surface area contributed by atoms with Crippen molar-refractivity contribution in [3.05, 3.63) is 36.5 Å². The average molecular weight is 428 g/mol. The van der Waals surface area contributed by atoms with Crippen LogP contribution in [0.4, 0.5) is 0 Å². The minimum atomic E-state index is -1.38. The fraction of sp³-hybridized carbons (Fsp3) is 0.333. The maximum atomic E-state index is 11.6. The molecule has 0 saturated heterocycles. The topological polar surface area (TPSA) is 191 Å². The van der Waals surface area contributed by atoms with Gasteiger partial charge in [-0.25, -0.2) is 28.8 Å². The first kappa shape index (κ1) is 26.0. The highest BCUT2D eigenvalue weighted by Gasteiger charge is 2.33. The van der Waals surface area contributed by atoms with Crippen LogP contribution in [-0.4, -0.2) is 71.0 Å². The summed E-state index contributed by atoms with van der Waals surface area (Å²) in [6, 6.07) is 0. The molecule has 3 N–H and O–H groups in total. The molecule has 0 radical (unpaired) electrons. The normalized spacial score (nSPS) is 13.1. The molecule has 0 aliphatic carbocycles. The zero-order chi connectivity index (χ0) is 23.2. The van der Waals surface area contributed by atoms with E-state index in [9.17, 15) is 28.8 Å². The zero-order valence-corrected chi connectivity index (χ0v) is 15.8. The second-order valence-electron chi connectivity index (χ2n) is 5.69. The van der Waals surface area contributed by atoms with Crippen LogP contribution < -0.4 is 0 Å². The highest BCUT2D eigenvalue weighted by Crippen LogP contribution is 2.24. The van der Waals surface area contributed by atoms with Crippen molar-refractivity contribution in [3.63, 3.8) is 0 Å². The summed E-state index contributed by atoms with van der Waals surface area (Å²) in [5.74, 6) is -7.22. The average Bonchev–Trinajstić information content (AvgIpc) is 2.68. The van der Waals surface area contributed by atoms with E-state index < -0.39 is 61.1 Å². The fourth-order valence-electron chi connectivity index (χ4n) is 1.67. The van der Waals surface area contributed by atoms with E-state index in [1.165, 1.54) is 0 Å². The van der Waals surface area contributed by atoms with Crippen molar-refractivity contribution in [1.82, 2.24) is 0 Å². The largest absolute Gasteiger partial charge is 0.478 e. The lowest BCUT2D eigenvalue weighted by molar-refractivity contribution is -0.156. The van der Waals surface area contributed by atoms with Crippen LogP contribution in [0.25, 0.3) is 0 Å². The Morgan fingerprint density at radius 1 is 0.600 bits per heavy atom. The first-order chi connectivity index (χ1) is 14.0. The molecule has 0 unspecified atom stereocenters. The summed E-state index contributed by atoms with van der Waals surface area (Å²) in [6.07, 6.45) is 3.70. The molecule has 0 aromatic heterocycles. The Hall–Kier alpha value is -3.96. The van der Waals surface area contributed by atoms with E-state index in [4.69, 9.17) is 29.5 Å². The van der Waals surface area contributed by atoms with Crippen LogP contribution in [0, 0.1) is 5.41 Å². The smallest absolute Gasteiger partial charge is 0.331 e. The molecule has 0 atom stereocenters. The number of carbonyl (C=O) groups is 6. The predicted octanol–water partition coefficient (Wildman–Crippen LogP) is -0.0652. The summed E-state index contributed by atoms with van der Waals surface area (Å²) >= 11 is 0. The molecule has 30 heavy (non-hydrogen) atoms. The molecule has 0 aromatic carbocycles. The van der Waals surface area contributed by atoms with Crippen LogP contribution in [0.1, 0.15) is 13.3 Å². The quantitative estimate of drug-likeness (QED) is 0.201. The third-order valence-electron chi connectivity index (χ3n) is 3.40. The Morgan fingerprint density at radius 3 is 1.07 bits per heavy atom. The Morgan fingerprint density at radius 2 is 0.867 bits per heavy atom. The second-order valence-corrected chi connectivity index (χ2v) is 5.69. The molecule has 0 amide bonds. The number of rotatable bonds is 13. The third-order valence-corrected chi connectivity index (χ3v) is 3.40. The van der Waals surface area contributed by atoms with Gasteiger partial charge in [0, 0.05) is 36.5 Å². The molecule has 0 spiro atoms.